The summed E-state index contributed by atoms with van der Waals surface area (Å²) in [6.07, 6.45) is -0.233. The first-order chi connectivity index (χ1) is 21.9. The molecule has 1 unspecified atom stereocenters. The number of carboxylic acids is 1. The summed E-state index contributed by atoms with van der Waals surface area (Å²) in [4.78, 5) is 41.5. The number of aryl methyl sites for hydroxylation is 1. The predicted octanol–water partition coefficient (Wildman–Crippen LogP) is 3.95. The number of nitrogens with one attached hydrogen (secondary N) is 1. The molecule has 4 aromatic rings. The van der Waals surface area contributed by atoms with Crippen LogP contribution >= 0.6 is 0 Å². The molecule has 0 fully saturated rings. The lowest BCUT2D eigenvalue weighted by molar-refractivity contribution is -0.125. The lowest BCUT2D eigenvalue weighted by Crippen LogP contribution is -2.38. The molecule has 0 aliphatic carbocycles. The number of sulfonamides is 1. The summed E-state index contributed by atoms with van der Waals surface area (Å²) in [5, 5.41) is 15.2. The Morgan fingerprint density at radius 2 is 1.72 bits per heavy atom. The van der Waals surface area contributed by atoms with E-state index in [-0.39, 0.29) is 28.9 Å². The third kappa shape index (κ3) is 6.35. The Labute approximate surface area is 264 Å². The molecular weight excluding hydrogens is 618 g/mol. The van der Waals surface area contributed by atoms with E-state index >= 15 is 0 Å². The molecule has 3 aromatic carbocycles. The van der Waals surface area contributed by atoms with Crippen LogP contribution in [0.15, 0.2) is 65.6 Å². The number of benzene rings is 3. The molecule has 14 nitrogen and oxygen atoms in total. The van der Waals surface area contributed by atoms with Gasteiger partial charge in [-0.05, 0) is 65.9 Å². The van der Waals surface area contributed by atoms with Crippen molar-refractivity contribution in [2.45, 2.75) is 50.5 Å². The summed E-state index contributed by atoms with van der Waals surface area (Å²) in [7, 11) is -4.63. The topological polar surface area (TPSA) is 204 Å². The number of carbonyl (C=O) groups is 3. The first-order valence-electron chi connectivity index (χ1n) is 14.2. The van der Waals surface area contributed by atoms with Crippen molar-refractivity contribution >= 4 is 33.8 Å². The van der Waals surface area contributed by atoms with Crippen LogP contribution in [0.25, 0.3) is 0 Å². The number of ether oxygens (including phenoxy) is 3. The molecule has 240 valence electrons. The van der Waals surface area contributed by atoms with Gasteiger partial charge in [-0.1, -0.05) is 45.4 Å². The SMILES string of the molecule is CCCc1cc(C(=O)N(c2n[nH]c(C(=O)O)n2)S(=O)(=O)c2ccc(C(C)C)cc2)ccc1OC(C(N)=O)c1ccc2c(c1)OCO2. The number of rotatable bonds is 12. The number of anilines is 1. The lowest BCUT2D eigenvalue weighted by Gasteiger charge is -2.22. The van der Waals surface area contributed by atoms with Crippen LogP contribution < -0.4 is 24.2 Å². The highest BCUT2D eigenvalue weighted by Crippen LogP contribution is 2.36. The maximum absolute atomic E-state index is 14.0. The van der Waals surface area contributed by atoms with Crippen molar-refractivity contribution in [1.82, 2.24) is 15.2 Å². The van der Waals surface area contributed by atoms with Crippen molar-refractivity contribution in [3.63, 3.8) is 0 Å². The van der Waals surface area contributed by atoms with Crippen molar-refractivity contribution in [2.24, 2.45) is 5.73 Å². The van der Waals surface area contributed by atoms with Crippen molar-refractivity contribution in [3.8, 4) is 17.2 Å². The van der Waals surface area contributed by atoms with Gasteiger partial charge >= 0.3 is 5.97 Å². The van der Waals surface area contributed by atoms with Gasteiger partial charge in [0.15, 0.2) is 11.5 Å². The molecule has 46 heavy (non-hydrogen) atoms. The second-order valence-corrected chi connectivity index (χ2v) is 12.5. The summed E-state index contributed by atoms with van der Waals surface area (Å²) in [5.74, 6) is -3.35. The Kier molecular flexibility index (Phi) is 8.96. The Hall–Kier alpha value is -5.44. The largest absolute Gasteiger partial charge is 0.476 e. The zero-order valence-corrected chi connectivity index (χ0v) is 25.9. The minimum Gasteiger partial charge on any atom is -0.476 e. The number of hydrogen-bond donors (Lipinski definition) is 3. The zero-order chi connectivity index (χ0) is 33.2. The van der Waals surface area contributed by atoms with Crippen LogP contribution in [0, 0.1) is 0 Å². The second kappa shape index (κ2) is 12.9. The summed E-state index contributed by atoms with van der Waals surface area (Å²) in [6.45, 7) is 5.82. The highest BCUT2D eigenvalue weighted by Gasteiger charge is 2.36. The highest BCUT2D eigenvalue weighted by molar-refractivity contribution is 7.93. The molecule has 1 aliphatic heterocycles. The standard InChI is InChI=1S/C31H31N5O9S/c1-4-5-19-14-21(9-12-23(19)45-26(27(32)37)20-8-13-24-25(15-20)44-16-43-24)29(38)36(31-33-28(30(39)40)34-35-31)46(41,42)22-10-6-18(7-11-22)17(2)3/h6-15,17,26H,4-5,16H2,1-3H3,(H2,32,37)(H,39,40)(H,33,34,35). The minimum atomic E-state index is -4.63. The number of carbonyl (C=O) groups excluding carboxylic acids is 2. The van der Waals surface area contributed by atoms with Crippen LogP contribution in [0.3, 0.4) is 0 Å². The molecule has 0 radical (unpaired) electrons. The maximum Gasteiger partial charge on any atom is 0.373 e. The van der Waals surface area contributed by atoms with E-state index in [2.05, 4.69) is 15.2 Å². The van der Waals surface area contributed by atoms with Gasteiger partial charge < -0.3 is 25.1 Å². The number of hydrogen-bond acceptors (Lipinski definition) is 10. The Bertz CT molecular complexity index is 1910. The molecule has 1 aliphatic rings. The number of primary amides is 1. The van der Waals surface area contributed by atoms with Crippen LogP contribution in [0.5, 0.6) is 17.2 Å². The van der Waals surface area contributed by atoms with E-state index in [1.807, 2.05) is 20.8 Å². The quantitative estimate of drug-likeness (QED) is 0.200. The molecular formula is C31H31N5O9S. The average Bonchev–Trinajstić information content (AvgIpc) is 3.70. The van der Waals surface area contributed by atoms with Crippen molar-refractivity contribution < 1.29 is 42.1 Å². The molecule has 15 heteroatoms. The zero-order valence-electron chi connectivity index (χ0n) is 25.1. The fourth-order valence-corrected chi connectivity index (χ4v) is 6.09. The van der Waals surface area contributed by atoms with E-state index in [1.54, 1.807) is 30.3 Å². The molecule has 5 rings (SSSR count). The van der Waals surface area contributed by atoms with Crippen LogP contribution in [0.4, 0.5) is 5.95 Å². The minimum absolute atomic E-state index is 0.0401. The number of amides is 2. The predicted molar refractivity (Wildman–Crippen MR) is 163 cm³/mol. The molecule has 0 spiro atoms. The average molecular weight is 650 g/mol. The fraction of sp³-hybridized carbons (Fsp3) is 0.258. The van der Waals surface area contributed by atoms with Crippen molar-refractivity contribution in [3.05, 3.63) is 88.7 Å². The van der Waals surface area contributed by atoms with Crippen LogP contribution in [0.1, 0.15) is 76.9 Å². The third-order valence-corrected chi connectivity index (χ3v) is 8.83. The van der Waals surface area contributed by atoms with Gasteiger partial charge in [0.2, 0.25) is 18.7 Å². The molecule has 0 saturated carbocycles. The van der Waals surface area contributed by atoms with Gasteiger partial charge in [0, 0.05) is 11.1 Å². The number of aromatic carboxylic acids is 1. The van der Waals surface area contributed by atoms with E-state index in [1.165, 1.54) is 30.3 Å². The van der Waals surface area contributed by atoms with Gasteiger partial charge in [0.05, 0.1) is 4.90 Å². The van der Waals surface area contributed by atoms with E-state index in [0.717, 1.165) is 5.56 Å². The Morgan fingerprint density at radius 3 is 2.35 bits per heavy atom. The molecule has 0 bridgehead atoms. The lowest BCUT2D eigenvalue weighted by atomic mass is 10.0. The van der Waals surface area contributed by atoms with Crippen molar-refractivity contribution in [1.29, 1.82) is 0 Å². The van der Waals surface area contributed by atoms with Gasteiger partial charge in [-0.25, -0.2) is 13.2 Å². The first kappa shape index (κ1) is 32.0. The number of aromatic nitrogens is 3. The summed E-state index contributed by atoms with van der Waals surface area (Å²) in [5.41, 5.74) is 7.39. The molecule has 1 aromatic heterocycles. The highest BCUT2D eigenvalue weighted by atomic mass is 32.2. The molecule has 2 amide bonds. The van der Waals surface area contributed by atoms with Gasteiger partial charge in [0.25, 0.3) is 27.8 Å². The van der Waals surface area contributed by atoms with Gasteiger partial charge in [0.1, 0.15) is 5.75 Å². The normalized spacial score (nSPS) is 13.0. The smallest absolute Gasteiger partial charge is 0.373 e. The van der Waals surface area contributed by atoms with Gasteiger partial charge in [-0.15, -0.1) is 5.10 Å². The van der Waals surface area contributed by atoms with Crippen LogP contribution in [-0.4, -0.2) is 53.3 Å². The van der Waals surface area contributed by atoms with E-state index in [0.29, 0.717) is 39.8 Å². The number of aromatic amines is 1. The second-order valence-electron chi connectivity index (χ2n) is 10.7. The molecule has 2 heterocycles. The first-order valence-corrected chi connectivity index (χ1v) is 15.7. The van der Waals surface area contributed by atoms with Gasteiger partial charge in [-0.3, -0.25) is 14.7 Å². The number of carboxylic acid groups (broad SMARTS) is 1. The van der Waals surface area contributed by atoms with Crippen molar-refractivity contribution in [2.75, 3.05) is 11.1 Å². The number of nitrogens with two attached hydrogens (primary N) is 1. The van der Waals surface area contributed by atoms with Crippen LogP contribution in [0.2, 0.25) is 0 Å². The van der Waals surface area contributed by atoms with E-state index in [4.69, 9.17) is 19.9 Å². The van der Waals surface area contributed by atoms with E-state index < -0.39 is 45.7 Å². The number of nitrogens with zero attached hydrogens (tertiary/aromatic N) is 3. The summed E-state index contributed by atoms with van der Waals surface area (Å²) < 4.78 is 45.0. The number of H-pyrrole nitrogens is 1. The Morgan fingerprint density at radius 1 is 1.02 bits per heavy atom. The molecule has 0 saturated heterocycles. The summed E-state index contributed by atoms with van der Waals surface area (Å²) in [6, 6.07) is 15.0. The monoisotopic (exact) mass is 649 g/mol. The third-order valence-electron chi connectivity index (χ3n) is 7.16. The number of fused-ring (bicyclic) bond motifs is 1. The molecule has 1 atom stereocenters. The Balaban J connectivity index is 1.53. The summed E-state index contributed by atoms with van der Waals surface area (Å²) >= 11 is 0. The fourth-order valence-electron chi connectivity index (χ4n) is 4.78. The van der Waals surface area contributed by atoms with Crippen LogP contribution in [-0.2, 0) is 21.2 Å². The van der Waals surface area contributed by atoms with Gasteiger partial charge in [-0.2, -0.15) is 9.29 Å². The van der Waals surface area contributed by atoms with E-state index in [9.17, 15) is 27.9 Å². The molecule has 4 N–H and O–H groups in total. The maximum atomic E-state index is 14.0.